The van der Waals surface area contributed by atoms with Crippen LogP contribution in [0.1, 0.15) is 38.1 Å². The zero-order valence-corrected chi connectivity index (χ0v) is 11.6. The van der Waals surface area contributed by atoms with Crippen LogP contribution in [0.2, 0.25) is 0 Å². The lowest BCUT2D eigenvalue weighted by Crippen LogP contribution is -2.31. The second kappa shape index (κ2) is 5.61. The molecular weight excluding hydrogens is 228 g/mol. The minimum absolute atomic E-state index is 0.491. The third-order valence-corrected chi connectivity index (χ3v) is 4.37. The van der Waals surface area contributed by atoms with Crippen molar-refractivity contribution in [1.29, 1.82) is 0 Å². The van der Waals surface area contributed by atoms with Gasteiger partial charge in [-0.05, 0) is 32.0 Å². The largest absolute Gasteiger partial charge is 0.314 e. The summed E-state index contributed by atoms with van der Waals surface area (Å²) in [6.45, 7) is 7.67. The molecule has 0 aliphatic carbocycles. The van der Waals surface area contributed by atoms with Gasteiger partial charge < -0.3 is 5.32 Å². The number of rotatable bonds is 5. The van der Waals surface area contributed by atoms with Crippen LogP contribution >= 0.6 is 11.3 Å². The molecule has 1 N–H and O–H groups in total. The van der Waals surface area contributed by atoms with Gasteiger partial charge in [-0.15, -0.1) is 11.3 Å². The second-order valence-electron chi connectivity index (χ2n) is 4.38. The highest BCUT2D eigenvalue weighted by atomic mass is 32.1. The highest BCUT2D eigenvalue weighted by molar-refractivity contribution is 7.18. The summed E-state index contributed by atoms with van der Waals surface area (Å²) in [6, 6.07) is 8.88. The molecule has 2 atom stereocenters. The first kappa shape index (κ1) is 12.5. The molecule has 17 heavy (non-hydrogen) atoms. The molecule has 0 aliphatic rings. The van der Waals surface area contributed by atoms with Gasteiger partial charge in [0.15, 0.2) is 0 Å². The fourth-order valence-electron chi connectivity index (χ4n) is 2.25. The molecule has 0 saturated carbocycles. The van der Waals surface area contributed by atoms with E-state index in [0.29, 0.717) is 12.0 Å². The molecule has 0 fully saturated rings. The van der Waals surface area contributed by atoms with Gasteiger partial charge in [0, 0.05) is 12.0 Å². The van der Waals surface area contributed by atoms with Crippen LogP contribution in [-0.2, 0) is 0 Å². The van der Waals surface area contributed by atoms with Gasteiger partial charge in [0.1, 0.15) is 0 Å². The van der Waals surface area contributed by atoms with Crippen molar-refractivity contribution in [3.8, 4) is 0 Å². The predicted molar refractivity (Wildman–Crippen MR) is 75.8 cm³/mol. The molecule has 1 aromatic heterocycles. The molecule has 3 heteroatoms. The van der Waals surface area contributed by atoms with E-state index in [1.54, 1.807) is 0 Å². The monoisotopic (exact) mass is 248 g/mol. The molecular formula is C14H20N2S. The van der Waals surface area contributed by atoms with Gasteiger partial charge in [0.2, 0.25) is 0 Å². The van der Waals surface area contributed by atoms with Crippen LogP contribution in [0, 0.1) is 0 Å². The van der Waals surface area contributed by atoms with E-state index in [1.165, 1.54) is 9.71 Å². The third-order valence-electron chi connectivity index (χ3n) is 3.20. The van der Waals surface area contributed by atoms with Crippen LogP contribution in [-0.4, -0.2) is 17.6 Å². The Balaban J connectivity index is 2.29. The van der Waals surface area contributed by atoms with Gasteiger partial charge >= 0.3 is 0 Å². The van der Waals surface area contributed by atoms with E-state index in [1.807, 2.05) is 11.3 Å². The molecule has 0 saturated heterocycles. The Hall–Kier alpha value is -0.930. The zero-order chi connectivity index (χ0) is 12.3. The molecule has 1 aromatic carbocycles. The Bertz CT molecular complexity index is 445. The average Bonchev–Trinajstić information content (AvgIpc) is 2.73. The number of fused-ring (bicyclic) bond motifs is 1. The van der Waals surface area contributed by atoms with Crippen molar-refractivity contribution in [2.45, 2.75) is 39.2 Å². The number of nitrogens with zero attached hydrogens (tertiary/aromatic N) is 1. The van der Waals surface area contributed by atoms with E-state index in [-0.39, 0.29) is 0 Å². The van der Waals surface area contributed by atoms with Crippen molar-refractivity contribution in [2.24, 2.45) is 0 Å². The molecule has 92 valence electrons. The van der Waals surface area contributed by atoms with Crippen LogP contribution in [0.15, 0.2) is 24.3 Å². The Kier molecular flexibility index (Phi) is 4.13. The summed E-state index contributed by atoms with van der Waals surface area (Å²) in [5.41, 5.74) is 1.13. The topological polar surface area (TPSA) is 24.9 Å². The van der Waals surface area contributed by atoms with Gasteiger partial charge in [-0.1, -0.05) is 26.0 Å². The first-order chi connectivity index (χ1) is 8.26. The van der Waals surface area contributed by atoms with E-state index in [0.717, 1.165) is 18.5 Å². The molecule has 1 heterocycles. The Morgan fingerprint density at radius 3 is 2.71 bits per heavy atom. The lowest BCUT2D eigenvalue weighted by Gasteiger charge is -2.21. The highest BCUT2D eigenvalue weighted by Crippen LogP contribution is 2.31. The van der Waals surface area contributed by atoms with Crippen LogP contribution in [0.3, 0.4) is 0 Å². The first-order valence-electron chi connectivity index (χ1n) is 6.35. The number of aromatic nitrogens is 1. The summed E-state index contributed by atoms with van der Waals surface area (Å²) in [7, 11) is 0. The molecule has 0 bridgehead atoms. The molecule has 0 spiro atoms. The van der Waals surface area contributed by atoms with Crippen molar-refractivity contribution >= 4 is 21.6 Å². The third kappa shape index (κ3) is 2.67. The maximum atomic E-state index is 4.77. The van der Waals surface area contributed by atoms with E-state index < -0.39 is 0 Å². The van der Waals surface area contributed by atoms with Crippen molar-refractivity contribution in [2.75, 3.05) is 6.54 Å². The summed E-state index contributed by atoms with van der Waals surface area (Å²) in [4.78, 5) is 4.77. The fourth-order valence-corrected chi connectivity index (χ4v) is 3.51. The Morgan fingerprint density at radius 2 is 2.06 bits per heavy atom. The summed E-state index contributed by atoms with van der Waals surface area (Å²) in [5, 5.41) is 4.77. The van der Waals surface area contributed by atoms with Crippen LogP contribution in [0.4, 0.5) is 0 Å². The fraction of sp³-hybridized carbons (Fsp3) is 0.500. The summed E-state index contributed by atoms with van der Waals surface area (Å²) < 4.78 is 1.30. The van der Waals surface area contributed by atoms with Crippen molar-refractivity contribution in [3.63, 3.8) is 0 Å². The number of nitrogens with one attached hydrogen (secondary N) is 1. The van der Waals surface area contributed by atoms with E-state index in [4.69, 9.17) is 4.98 Å². The summed E-state index contributed by atoms with van der Waals surface area (Å²) in [5.74, 6) is 0.521. The Morgan fingerprint density at radius 1 is 1.29 bits per heavy atom. The normalized spacial score (nSPS) is 15.0. The SMILES string of the molecule is CCNC(C)C(CC)c1nc2ccccc2s1. The van der Waals surface area contributed by atoms with Crippen molar-refractivity contribution < 1.29 is 0 Å². The average molecular weight is 248 g/mol. The lowest BCUT2D eigenvalue weighted by molar-refractivity contribution is 0.459. The predicted octanol–water partition coefficient (Wildman–Crippen LogP) is 3.79. The van der Waals surface area contributed by atoms with Gasteiger partial charge in [-0.2, -0.15) is 0 Å². The van der Waals surface area contributed by atoms with Crippen LogP contribution in [0.5, 0.6) is 0 Å². The van der Waals surface area contributed by atoms with Crippen LogP contribution in [0.25, 0.3) is 10.2 Å². The van der Waals surface area contributed by atoms with E-state index in [9.17, 15) is 0 Å². The summed E-state index contributed by atoms with van der Waals surface area (Å²) in [6.07, 6.45) is 1.13. The highest BCUT2D eigenvalue weighted by Gasteiger charge is 2.20. The lowest BCUT2D eigenvalue weighted by atomic mass is 9.99. The number of hydrogen-bond donors (Lipinski definition) is 1. The Labute approximate surface area is 107 Å². The van der Waals surface area contributed by atoms with E-state index in [2.05, 4.69) is 50.4 Å². The molecule has 2 aromatic rings. The molecule has 2 nitrogen and oxygen atoms in total. The number of benzene rings is 1. The molecule has 0 amide bonds. The maximum absolute atomic E-state index is 4.77. The number of para-hydroxylation sites is 1. The molecule has 0 aliphatic heterocycles. The molecule has 2 rings (SSSR count). The van der Waals surface area contributed by atoms with Crippen molar-refractivity contribution in [3.05, 3.63) is 29.3 Å². The maximum Gasteiger partial charge on any atom is 0.0984 e. The number of likely N-dealkylation sites (N-methyl/N-ethyl adjacent to an activating group) is 1. The number of thiazole rings is 1. The first-order valence-corrected chi connectivity index (χ1v) is 7.16. The van der Waals surface area contributed by atoms with Crippen molar-refractivity contribution in [1.82, 2.24) is 10.3 Å². The quantitative estimate of drug-likeness (QED) is 0.871. The minimum atomic E-state index is 0.491. The smallest absolute Gasteiger partial charge is 0.0984 e. The van der Waals surface area contributed by atoms with Gasteiger partial charge in [0.25, 0.3) is 0 Å². The van der Waals surface area contributed by atoms with E-state index >= 15 is 0 Å². The number of hydrogen-bond acceptors (Lipinski definition) is 3. The second-order valence-corrected chi connectivity index (χ2v) is 5.44. The van der Waals surface area contributed by atoms with Gasteiger partial charge in [0.05, 0.1) is 15.2 Å². The van der Waals surface area contributed by atoms with Gasteiger partial charge in [-0.25, -0.2) is 4.98 Å². The van der Waals surface area contributed by atoms with Gasteiger partial charge in [-0.3, -0.25) is 0 Å². The minimum Gasteiger partial charge on any atom is -0.314 e. The standard InChI is InChI=1S/C14H20N2S/c1-4-11(10(3)15-5-2)14-16-12-8-6-7-9-13(12)17-14/h6-11,15H,4-5H2,1-3H3. The summed E-state index contributed by atoms with van der Waals surface area (Å²) >= 11 is 1.83. The molecule has 0 radical (unpaired) electrons. The van der Waals surface area contributed by atoms with Crippen LogP contribution < -0.4 is 5.32 Å². The zero-order valence-electron chi connectivity index (χ0n) is 10.7. The molecule has 2 unspecified atom stereocenters.